The number of pyridine rings is 1. The van der Waals surface area contributed by atoms with Gasteiger partial charge in [0, 0.05) is 17.6 Å². The Bertz CT molecular complexity index is 269. The fourth-order valence-electron chi connectivity index (χ4n) is 0.911. The monoisotopic (exact) mass is 171 g/mol. The number of nitrogens with one attached hydrogen (secondary N) is 1. The number of hydrogen-bond acceptors (Lipinski definition) is 1. The van der Waals surface area contributed by atoms with Crippen LogP contribution < -0.4 is 5.56 Å². The summed E-state index contributed by atoms with van der Waals surface area (Å²) < 4.78 is 0. The van der Waals surface area contributed by atoms with Crippen molar-refractivity contribution >= 4 is 11.6 Å². The van der Waals surface area contributed by atoms with Crippen molar-refractivity contribution in [3.05, 3.63) is 34.2 Å². The van der Waals surface area contributed by atoms with E-state index in [-0.39, 0.29) is 5.56 Å². The molecule has 1 N–H and O–H groups in total. The van der Waals surface area contributed by atoms with E-state index in [1.54, 1.807) is 6.20 Å². The Morgan fingerprint density at radius 3 is 3.00 bits per heavy atom. The number of rotatable bonds is 3. The number of halogens is 1. The minimum absolute atomic E-state index is 0.00221. The van der Waals surface area contributed by atoms with Gasteiger partial charge in [0.05, 0.1) is 0 Å². The van der Waals surface area contributed by atoms with Crippen molar-refractivity contribution in [1.29, 1.82) is 0 Å². The first-order chi connectivity index (χ1) is 5.34. The van der Waals surface area contributed by atoms with Gasteiger partial charge in [-0.1, -0.05) is 6.07 Å². The average molecular weight is 172 g/mol. The molecule has 3 heteroatoms. The first-order valence-electron chi connectivity index (χ1n) is 3.57. The third-order valence-electron chi connectivity index (χ3n) is 1.48. The Hall–Kier alpha value is -0.760. The van der Waals surface area contributed by atoms with Crippen molar-refractivity contribution in [2.45, 2.75) is 12.8 Å². The van der Waals surface area contributed by atoms with Crippen LogP contribution in [0.25, 0.3) is 0 Å². The minimum atomic E-state index is -0.00221. The van der Waals surface area contributed by atoms with Crippen LogP contribution in [0.5, 0.6) is 0 Å². The summed E-state index contributed by atoms with van der Waals surface area (Å²) in [7, 11) is 0. The first kappa shape index (κ1) is 8.34. The van der Waals surface area contributed by atoms with E-state index in [0.29, 0.717) is 5.88 Å². The van der Waals surface area contributed by atoms with Crippen LogP contribution in [-0.2, 0) is 6.42 Å². The topological polar surface area (TPSA) is 32.9 Å². The Labute approximate surface area is 70.2 Å². The highest BCUT2D eigenvalue weighted by Crippen LogP contribution is 1.96. The van der Waals surface area contributed by atoms with Gasteiger partial charge in [-0.3, -0.25) is 4.79 Å². The molecule has 1 aromatic rings. The molecule has 1 heterocycles. The number of hydrogen-bond donors (Lipinski definition) is 1. The molecule has 0 aliphatic carbocycles. The molecule has 2 nitrogen and oxygen atoms in total. The summed E-state index contributed by atoms with van der Waals surface area (Å²) in [5.74, 6) is 0.605. The fourth-order valence-corrected chi connectivity index (χ4v) is 1.04. The SMILES string of the molecule is O=c1[nH]cccc1CCCCl. The Balaban J connectivity index is 2.70. The normalized spacial score (nSPS) is 9.91. The van der Waals surface area contributed by atoms with Gasteiger partial charge in [-0.2, -0.15) is 0 Å². The second-order valence-electron chi connectivity index (χ2n) is 2.32. The number of aromatic amines is 1. The zero-order valence-electron chi connectivity index (χ0n) is 6.14. The van der Waals surface area contributed by atoms with Crippen LogP contribution >= 0.6 is 11.6 Å². The van der Waals surface area contributed by atoms with E-state index in [9.17, 15) is 4.79 Å². The molecule has 0 fully saturated rings. The molecule has 0 radical (unpaired) electrons. The maximum atomic E-state index is 11.0. The van der Waals surface area contributed by atoms with Crippen molar-refractivity contribution < 1.29 is 0 Å². The van der Waals surface area contributed by atoms with Crippen molar-refractivity contribution in [3.63, 3.8) is 0 Å². The number of H-pyrrole nitrogens is 1. The molecule has 0 aliphatic rings. The van der Waals surface area contributed by atoms with Gasteiger partial charge in [-0.25, -0.2) is 0 Å². The maximum absolute atomic E-state index is 11.0. The number of alkyl halides is 1. The lowest BCUT2D eigenvalue weighted by Gasteiger charge is -1.95. The average Bonchev–Trinajstić information content (AvgIpc) is 2.03. The summed E-state index contributed by atoms with van der Waals surface area (Å²) in [6.45, 7) is 0. The van der Waals surface area contributed by atoms with Crippen LogP contribution in [0.4, 0.5) is 0 Å². The zero-order valence-corrected chi connectivity index (χ0v) is 6.90. The smallest absolute Gasteiger partial charge is 0.251 e. The summed E-state index contributed by atoms with van der Waals surface area (Å²) in [4.78, 5) is 13.6. The summed E-state index contributed by atoms with van der Waals surface area (Å²) in [6.07, 6.45) is 3.25. The molecule has 0 saturated carbocycles. The van der Waals surface area contributed by atoms with Gasteiger partial charge < -0.3 is 4.98 Å². The molecule has 11 heavy (non-hydrogen) atoms. The standard InChI is InChI=1S/C8H10ClNO/c9-5-1-3-7-4-2-6-10-8(7)11/h2,4,6H,1,3,5H2,(H,10,11). The Morgan fingerprint density at radius 1 is 1.55 bits per heavy atom. The molecular formula is C8H10ClNO. The van der Waals surface area contributed by atoms with Gasteiger partial charge in [0.25, 0.3) is 5.56 Å². The first-order valence-corrected chi connectivity index (χ1v) is 4.10. The molecule has 0 aliphatic heterocycles. The van der Waals surface area contributed by atoms with Crippen LogP contribution in [0.15, 0.2) is 23.1 Å². The van der Waals surface area contributed by atoms with Crippen molar-refractivity contribution in [3.8, 4) is 0 Å². The lowest BCUT2D eigenvalue weighted by atomic mass is 10.2. The molecule has 0 aromatic carbocycles. The predicted molar refractivity (Wildman–Crippen MR) is 46.1 cm³/mol. The second-order valence-corrected chi connectivity index (χ2v) is 2.69. The van der Waals surface area contributed by atoms with Crippen molar-refractivity contribution in [1.82, 2.24) is 4.98 Å². The van der Waals surface area contributed by atoms with E-state index < -0.39 is 0 Å². The van der Waals surface area contributed by atoms with Crippen LogP contribution in [0.1, 0.15) is 12.0 Å². The zero-order chi connectivity index (χ0) is 8.10. The quantitative estimate of drug-likeness (QED) is 0.688. The lowest BCUT2D eigenvalue weighted by molar-refractivity contribution is 0.906. The Kier molecular flexibility index (Phi) is 3.17. The van der Waals surface area contributed by atoms with Gasteiger partial charge >= 0.3 is 0 Å². The van der Waals surface area contributed by atoms with Crippen molar-refractivity contribution in [2.24, 2.45) is 0 Å². The lowest BCUT2D eigenvalue weighted by Crippen LogP contribution is -2.10. The molecule has 0 amide bonds. The van der Waals surface area contributed by atoms with E-state index in [4.69, 9.17) is 11.6 Å². The molecule has 0 bridgehead atoms. The molecule has 0 saturated heterocycles. The highest BCUT2D eigenvalue weighted by Gasteiger charge is 1.95. The highest BCUT2D eigenvalue weighted by molar-refractivity contribution is 6.17. The van der Waals surface area contributed by atoms with E-state index in [1.165, 1.54) is 0 Å². The third kappa shape index (κ3) is 2.39. The molecule has 60 valence electrons. The molecule has 1 rings (SSSR count). The van der Waals surface area contributed by atoms with Crippen LogP contribution in [-0.4, -0.2) is 10.9 Å². The molecule has 0 unspecified atom stereocenters. The second kappa shape index (κ2) is 4.19. The molecule has 0 atom stereocenters. The summed E-state index contributed by atoms with van der Waals surface area (Å²) in [5, 5.41) is 0. The number of aromatic nitrogens is 1. The van der Waals surface area contributed by atoms with Gasteiger partial charge in [0.15, 0.2) is 0 Å². The molecule has 0 spiro atoms. The summed E-state index contributed by atoms with van der Waals surface area (Å²) in [5.41, 5.74) is 0.811. The minimum Gasteiger partial charge on any atom is -0.329 e. The fraction of sp³-hybridized carbons (Fsp3) is 0.375. The van der Waals surface area contributed by atoms with Crippen molar-refractivity contribution in [2.75, 3.05) is 5.88 Å². The maximum Gasteiger partial charge on any atom is 0.251 e. The Morgan fingerprint density at radius 2 is 2.36 bits per heavy atom. The van der Waals surface area contributed by atoms with Crippen LogP contribution in [0.3, 0.4) is 0 Å². The van der Waals surface area contributed by atoms with Gasteiger partial charge in [0.1, 0.15) is 0 Å². The third-order valence-corrected chi connectivity index (χ3v) is 1.75. The summed E-state index contributed by atoms with van der Waals surface area (Å²) in [6, 6.07) is 3.65. The van der Waals surface area contributed by atoms with Gasteiger partial charge in [-0.15, -0.1) is 11.6 Å². The summed E-state index contributed by atoms with van der Waals surface area (Å²) >= 11 is 5.49. The molecule has 1 aromatic heterocycles. The van der Waals surface area contributed by atoms with E-state index in [1.807, 2.05) is 12.1 Å². The largest absolute Gasteiger partial charge is 0.329 e. The van der Waals surface area contributed by atoms with E-state index in [2.05, 4.69) is 4.98 Å². The number of aryl methyl sites for hydroxylation is 1. The highest BCUT2D eigenvalue weighted by atomic mass is 35.5. The van der Waals surface area contributed by atoms with Gasteiger partial charge in [0.2, 0.25) is 0 Å². The molecular weight excluding hydrogens is 162 g/mol. The van der Waals surface area contributed by atoms with E-state index in [0.717, 1.165) is 18.4 Å². The van der Waals surface area contributed by atoms with Gasteiger partial charge in [-0.05, 0) is 18.9 Å². The van der Waals surface area contributed by atoms with E-state index >= 15 is 0 Å². The predicted octanol–water partition coefficient (Wildman–Crippen LogP) is 1.55. The van der Waals surface area contributed by atoms with Crippen LogP contribution in [0.2, 0.25) is 0 Å². The van der Waals surface area contributed by atoms with Crippen LogP contribution in [0, 0.1) is 0 Å².